The van der Waals surface area contributed by atoms with E-state index >= 15 is 0 Å². The molecule has 0 atom stereocenters. The van der Waals surface area contributed by atoms with Crippen LogP contribution in [0.3, 0.4) is 0 Å². The summed E-state index contributed by atoms with van der Waals surface area (Å²) in [6.45, 7) is 0. The van der Waals surface area contributed by atoms with Crippen LogP contribution in [0.15, 0.2) is 155 Å². The summed E-state index contributed by atoms with van der Waals surface area (Å²) in [5.74, 6) is 0.682. The van der Waals surface area contributed by atoms with Gasteiger partial charge in [0.25, 0.3) is 22.5 Å². The second-order valence-electron chi connectivity index (χ2n) is 12.3. The van der Waals surface area contributed by atoms with E-state index in [1.54, 1.807) is 36.4 Å². The highest BCUT2D eigenvalue weighted by Gasteiger charge is 2.19. The van der Waals surface area contributed by atoms with E-state index in [0.717, 1.165) is 11.1 Å². The number of nitro benzene ring substituents is 2. The molecule has 2 heterocycles. The fourth-order valence-corrected chi connectivity index (χ4v) is 6.45. The summed E-state index contributed by atoms with van der Waals surface area (Å²) in [7, 11) is 0. The van der Waals surface area contributed by atoms with Gasteiger partial charge in [0, 0.05) is 35.4 Å². The van der Waals surface area contributed by atoms with Gasteiger partial charge in [-0.05, 0) is 53.9 Å². The van der Waals surface area contributed by atoms with E-state index in [2.05, 4.69) is 0 Å². The third-order valence-electron chi connectivity index (χ3n) is 8.93. The molecule has 0 saturated heterocycles. The summed E-state index contributed by atoms with van der Waals surface area (Å²) in [6.07, 6.45) is 0.346. The van der Waals surface area contributed by atoms with Gasteiger partial charge in [0.05, 0.1) is 43.0 Å². The van der Waals surface area contributed by atoms with E-state index in [0.29, 0.717) is 62.4 Å². The van der Waals surface area contributed by atoms with Crippen LogP contribution in [0.1, 0.15) is 11.1 Å². The van der Waals surface area contributed by atoms with Crippen molar-refractivity contribution in [1.29, 1.82) is 0 Å². The fraction of sp³-hybridized carbons (Fsp3) is 0.0244. The molecule has 0 saturated carbocycles. The van der Waals surface area contributed by atoms with Crippen LogP contribution in [-0.2, 0) is 6.42 Å². The molecule has 0 aliphatic carbocycles. The molecule has 0 spiro atoms. The summed E-state index contributed by atoms with van der Waals surface area (Å²) in [6, 6.07) is 40.8. The lowest BCUT2D eigenvalue weighted by molar-refractivity contribution is -0.385. The minimum absolute atomic E-state index is 0.159. The van der Waals surface area contributed by atoms with Crippen molar-refractivity contribution >= 4 is 33.2 Å². The monoisotopic (exact) mass is 698 g/mol. The van der Waals surface area contributed by atoms with Crippen molar-refractivity contribution in [3.05, 3.63) is 198 Å². The van der Waals surface area contributed by atoms with Crippen LogP contribution in [-0.4, -0.2) is 28.9 Å². The van der Waals surface area contributed by atoms with Crippen molar-refractivity contribution in [3.63, 3.8) is 0 Å². The molecule has 0 bridgehead atoms. The molecule has 256 valence electrons. The minimum Gasteiger partial charge on any atom is -0.268 e. The second kappa shape index (κ2) is 13.3. The Morgan fingerprint density at radius 2 is 0.906 bits per heavy atom. The second-order valence-corrected chi connectivity index (χ2v) is 12.3. The maximum absolute atomic E-state index is 14.3. The zero-order valence-corrected chi connectivity index (χ0v) is 27.7. The molecule has 6 aromatic carbocycles. The molecule has 0 N–H and O–H groups in total. The van der Waals surface area contributed by atoms with Crippen LogP contribution in [0.2, 0.25) is 0 Å². The van der Waals surface area contributed by atoms with Crippen LogP contribution >= 0.6 is 0 Å². The SMILES string of the molecule is O=c1c2cc(Cc3ccc4nc(-c5ccccc5)n(-c5cccc([N+](=O)[O-])c5)c(=O)c4c3)ccc2nc(-c2ccccc2)n1-c1cccc([N+](=O)[O-])c1. The summed E-state index contributed by atoms with van der Waals surface area (Å²) in [4.78, 5) is 60.5. The number of nitro groups is 2. The Kier molecular flexibility index (Phi) is 8.16. The zero-order valence-electron chi connectivity index (χ0n) is 27.7. The highest BCUT2D eigenvalue weighted by Crippen LogP contribution is 2.27. The molecule has 0 aliphatic rings. The van der Waals surface area contributed by atoms with Gasteiger partial charge in [-0.3, -0.25) is 39.0 Å². The zero-order chi connectivity index (χ0) is 36.6. The molecule has 8 aromatic rings. The first kappa shape index (κ1) is 32.6. The number of non-ortho nitro benzene ring substituents is 2. The first-order valence-electron chi connectivity index (χ1n) is 16.5. The fourth-order valence-electron chi connectivity index (χ4n) is 6.45. The lowest BCUT2D eigenvalue weighted by Gasteiger charge is -2.15. The van der Waals surface area contributed by atoms with Crippen LogP contribution in [0.25, 0.3) is 56.0 Å². The van der Waals surface area contributed by atoms with Gasteiger partial charge in [-0.25, -0.2) is 9.97 Å². The van der Waals surface area contributed by atoms with E-state index in [9.17, 15) is 29.8 Å². The molecule has 0 amide bonds. The van der Waals surface area contributed by atoms with Gasteiger partial charge in [0.15, 0.2) is 0 Å². The summed E-state index contributed by atoms with van der Waals surface area (Å²) >= 11 is 0. The van der Waals surface area contributed by atoms with Gasteiger partial charge in [0.1, 0.15) is 11.6 Å². The molecular formula is C41H26N6O6. The highest BCUT2D eigenvalue weighted by molar-refractivity contribution is 5.83. The molecule has 8 rings (SSSR count). The number of hydrogen-bond acceptors (Lipinski definition) is 8. The summed E-state index contributed by atoms with van der Waals surface area (Å²) in [5.41, 5.74) is 3.27. The van der Waals surface area contributed by atoms with E-state index in [-0.39, 0.29) is 11.4 Å². The largest absolute Gasteiger partial charge is 0.271 e. The Balaban J connectivity index is 1.25. The topological polar surface area (TPSA) is 156 Å². The van der Waals surface area contributed by atoms with E-state index in [1.165, 1.54) is 45.5 Å². The Hall–Kier alpha value is -7.60. The normalized spacial score (nSPS) is 11.2. The van der Waals surface area contributed by atoms with E-state index in [1.807, 2.05) is 72.8 Å². The Morgan fingerprint density at radius 1 is 0.491 bits per heavy atom. The lowest BCUT2D eigenvalue weighted by atomic mass is 10.0. The molecular weight excluding hydrogens is 672 g/mol. The number of nitrogens with zero attached hydrogens (tertiary/aromatic N) is 6. The van der Waals surface area contributed by atoms with Crippen molar-refractivity contribution in [2.75, 3.05) is 0 Å². The third kappa shape index (κ3) is 6.10. The van der Waals surface area contributed by atoms with Crippen LogP contribution in [0.5, 0.6) is 0 Å². The molecule has 0 fully saturated rings. The molecule has 0 aliphatic heterocycles. The number of aromatic nitrogens is 4. The maximum atomic E-state index is 14.3. The first-order chi connectivity index (χ1) is 25.7. The van der Waals surface area contributed by atoms with Crippen molar-refractivity contribution in [2.45, 2.75) is 6.42 Å². The van der Waals surface area contributed by atoms with Crippen molar-refractivity contribution < 1.29 is 9.85 Å². The molecule has 12 nitrogen and oxygen atoms in total. The third-order valence-corrected chi connectivity index (χ3v) is 8.93. The Bertz CT molecular complexity index is 2680. The first-order valence-corrected chi connectivity index (χ1v) is 16.5. The van der Waals surface area contributed by atoms with Crippen molar-refractivity contribution in [1.82, 2.24) is 19.1 Å². The van der Waals surface area contributed by atoms with Crippen LogP contribution in [0.4, 0.5) is 11.4 Å². The molecule has 53 heavy (non-hydrogen) atoms. The summed E-state index contributed by atoms with van der Waals surface area (Å²) < 4.78 is 2.77. The quantitative estimate of drug-likeness (QED) is 0.115. The highest BCUT2D eigenvalue weighted by atomic mass is 16.6. The van der Waals surface area contributed by atoms with Gasteiger partial charge in [-0.2, -0.15) is 0 Å². The van der Waals surface area contributed by atoms with Gasteiger partial charge < -0.3 is 0 Å². The number of fused-ring (bicyclic) bond motifs is 2. The van der Waals surface area contributed by atoms with Crippen LogP contribution < -0.4 is 11.1 Å². The average molecular weight is 699 g/mol. The van der Waals surface area contributed by atoms with Gasteiger partial charge in [-0.15, -0.1) is 0 Å². The minimum atomic E-state index is -0.511. The summed E-state index contributed by atoms with van der Waals surface area (Å²) in [5, 5.41) is 23.9. The standard InChI is InChI=1S/C41H26N6O6/c48-40-34-22-26(17-19-36(34)42-38(28-9-3-1-4-10-28)44(40)30-13-7-15-32(24-30)46(50)51)21-27-18-20-37-35(23-27)41(49)45(31-14-8-16-33(25-31)47(52)53)39(43-37)29-11-5-2-6-12-29/h1-20,22-25H,21H2. The van der Waals surface area contributed by atoms with Gasteiger partial charge >= 0.3 is 0 Å². The van der Waals surface area contributed by atoms with Gasteiger partial charge in [-0.1, -0.05) is 84.9 Å². The number of hydrogen-bond donors (Lipinski definition) is 0. The maximum Gasteiger partial charge on any atom is 0.271 e. The smallest absolute Gasteiger partial charge is 0.268 e. The Labute approximate surface area is 299 Å². The molecule has 0 radical (unpaired) electrons. The van der Waals surface area contributed by atoms with Gasteiger partial charge in [0.2, 0.25) is 0 Å². The molecule has 12 heteroatoms. The van der Waals surface area contributed by atoms with Crippen molar-refractivity contribution in [2.24, 2.45) is 0 Å². The van der Waals surface area contributed by atoms with E-state index < -0.39 is 21.0 Å². The van der Waals surface area contributed by atoms with E-state index in [4.69, 9.17) is 9.97 Å². The van der Waals surface area contributed by atoms with Crippen LogP contribution in [0, 0.1) is 20.2 Å². The predicted molar refractivity (Wildman–Crippen MR) is 202 cm³/mol. The van der Waals surface area contributed by atoms with Crippen molar-refractivity contribution in [3.8, 4) is 34.2 Å². The Morgan fingerprint density at radius 3 is 1.30 bits per heavy atom. The molecule has 2 aromatic heterocycles. The molecule has 0 unspecified atom stereocenters. The lowest BCUT2D eigenvalue weighted by Crippen LogP contribution is -2.22. The number of benzene rings is 6. The number of rotatable bonds is 8. The average Bonchev–Trinajstić information content (AvgIpc) is 3.19. The predicted octanol–water partition coefficient (Wildman–Crippen LogP) is 7.83.